The van der Waals surface area contributed by atoms with Crippen LogP contribution in [0.2, 0.25) is 0 Å². The van der Waals surface area contributed by atoms with E-state index in [1.807, 2.05) is 54.6 Å². The van der Waals surface area contributed by atoms with Crippen molar-refractivity contribution in [3.8, 4) is 0 Å². The Balaban J connectivity index is 1.58. The van der Waals surface area contributed by atoms with E-state index in [0.717, 1.165) is 30.5 Å². The van der Waals surface area contributed by atoms with Gasteiger partial charge in [-0.05, 0) is 54.2 Å². The van der Waals surface area contributed by atoms with Gasteiger partial charge in [-0.15, -0.1) is 0 Å². The van der Waals surface area contributed by atoms with E-state index in [2.05, 4.69) is 42.5 Å². The van der Waals surface area contributed by atoms with Crippen molar-refractivity contribution in [3.05, 3.63) is 113 Å². The molecule has 0 aromatic heterocycles. The summed E-state index contributed by atoms with van der Waals surface area (Å²) in [5, 5.41) is 6.68. The van der Waals surface area contributed by atoms with E-state index in [1.54, 1.807) is 5.01 Å². The summed E-state index contributed by atoms with van der Waals surface area (Å²) >= 11 is 0. The molecule has 148 valence electrons. The van der Waals surface area contributed by atoms with Gasteiger partial charge in [-0.3, -0.25) is 4.79 Å². The summed E-state index contributed by atoms with van der Waals surface area (Å²) in [5.41, 5.74) is 5.33. The molecule has 1 aliphatic carbocycles. The maximum absolute atomic E-state index is 13.4. The summed E-state index contributed by atoms with van der Waals surface area (Å²) in [7, 11) is 0. The van der Waals surface area contributed by atoms with Crippen molar-refractivity contribution in [1.29, 1.82) is 0 Å². The standard InChI is InChI=1S/C27H24N2O/c30-27(22-15-8-3-9-16-22)29-26(21-13-6-2-7-14-21)24-18-10-17-23(25(24)28-29)19-20-11-4-1-5-12-20/h1-9,11-16,19,24,26H,10,17-18H2/b23-19+/t24-,26+/m1/s1. The number of allylic oxidation sites excluding steroid dienone is 1. The fraction of sp³-hybridized carbons (Fsp3) is 0.185. The first-order valence-electron chi connectivity index (χ1n) is 10.6. The zero-order valence-corrected chi connectivity index (χ0v) is 16.8. The predicted octanol–water partition coefficient (Wildman–Crippen LogP) is 6.12. The summed E-state index contributed by atoms with van der Waals surface area (Å²) in [4.78, 5) is 13.4. The van der Waals surface area contributed by atoms with Gasteiger partial charge in [0.2, 0.25) is 0 Å². The highest BCUT2D eigenvalue weighted by atomic mass is 16.2. The molecule has 3 aromatic rings. The molecule has 1 amide bonds. The van der Waals surface area contributed by atoms with Gasteiger partial charge in [0.25, 0.3) is 5.91 Å². The molecule has 1 fully saturated rings. The lowest BCUT2D eigenvalue weighted by molar-refractivity contribution is 0.0681. The van der Waals surface area contributed by atoms with E-state index in [-0.39, 0.29) is 17.9 Å². The molecule has 3 aromatic carbocycles. The molecule has 0 saturated heterocycles. The third-order valence-corrected chi connectivity index (χ3v) is 6.01. The minimum Gasteiger partial charge on any atom is -0.267 e. The highest BCUT2D eigenvalue weighted by Gasteiger charge is 2.43. The first-order valence-corrected chi connectivity index (χ1v) is 10.6. The first kappa shape index (κ1) is 18.6. The van der Waals surface area contributed by atoms with Crippen LogP contribution in [0.25, 0.3) is 6.08 Å². The van der Waals surface area contributed by atoms with Gasteiger partial charge < -0.3 is 0 Å². The quantitative estimate of drug-likeness (QED) is 0.528. The van der Waals surface area contributed by atoms with Crippen LogP contribution in [-0.2, 0) is 0 Å². The molecule has 1 heterocycles. The number of carbonyl (C=O) groups is 1. The van der Waals surface area contributed by atoms with Crippen LogP contribution >= 0.6 is 0 Å². The third kappa shape index (κ3) is 3.48. The molecule has 1 aliphatic heterocycles. The average Bonchev–Trinajstić information content (AvgIpc) is 3.21. The van der Waals surface area contributed by atoms with Crippen LogP contribution in [-0.4, -0.2) is 16.6 Å². The Morgan fingerprint density at radius 3 is 2.20 bits per heavy atom. The van der Waals surface area contributed by atoms with Crippen LogP contribution in [0.15, 0.2) is 102 Å². The van der Waals surface area contributed by atoms with Gasteiger partial charge in [0, 0.05) is 11.5 Å². The van der Waals surface area contributed by atoms with Gasteiger partial charge in [-0.25, -0.2) is 5.01 Å². The molecular formula is C27H24N2O. The smallest absolute Gasteiger partial charge is 0.267 e. The summed E-state index contributed by atoms with van der Waals surface area (Å²) in [6, 6.07) is 30.1. The molecule has 0 radical (unpaired) electrons. The number of benzene rings is 3. The average molecular weight is 393 g/mol. The van der Waals surface area contributed by atoms with Crippen molar-refractivity contribution in [2.24, 2.45) is 11.0 Å². The molecule has 2 aliphatic rings. The summed E-state index contributed by atoms with van der Waals surface area (Å²) in [6.45, 7) is 0. The largest absolute Gasteiger partial charge is 0.274 e. The zero-order chi connectivity index (χ0) is 20.3. The Hall–Kier alpha value is -3.46. The molecular weight excluding hydrogens is 368 g/mol. The van der Waals surface area contributed by atoms with Crippen LogP contribution in [0.5, 0.6) is 0 Å². The lowest BCUT2D eigenvalue weighted by Crippen LogP contribution is -2.31. The first-order chi connectivity index (χ1) is 14.8. The van der Waals surface area contributed by atoms with E-state index in [1.165, 1.54) is 11.1 Å². The SMILES string of the molecule is O=C(c1ccccc1)N1N=C2/C(=C/c3ccccc3)CCC[C@H]2[C@@H]1c1ccccc1. The Morgan fingerprint density at radius 1 is 0.867 bits per heavy atom. The number of carbonyl (C=O) groups excluding carboxylic acids is 1. The monoisotopic (exact) mass is 392 g/mol. The normalized spacial score (nSPS) is 21.9. The third-order valence-electron chi connectivity index (χ3n) is 6.01. The molecule has 3 heteroatoms. The van der Waals surface area contributed by atoms with Gasteiger partial charge >= 0.3 is 0 Å². The van der Waals surface area contributed by atoms with Crippen molar-refractivity contribution in [3.63, 3.8) is 0 Å². The number of hydrogen-bond donors (Lipinski definition) is 0. The Bertz CT molecular complexity index is 1090. The predicted molar refractivity (Wildman–Crippen MR) is 121 cm³/mol. The number of hydrogen-bond acceptors (Lipinski definition) is 2. The Labute approximate surface area is 177 Å². The lowest BCUT2D eigenvalue weighted by atomic mass is 9.77. The molecule has 3 nitrogen and oxygen atoms in total. The van der Waals surface area contributed by atoms with Gasteiger partial charge in [0.05, 0.1) is 11.8 Å². The van der Waals surface area contributed by atoms with Crippen molar-refractivity contribution < 1.29 is 4.79 Å². The van der Waals surface area contributed by atoms with E-state index in [0.29, 0.717) is 5.56 Å². The summed E-state index contributed by atoms with van der Waals surface area (Å²) in [5.74, 6) is 0.189. The van der Waals surface area contributed by atoms with Gasteiger partial charge in [-0.2, -0.15) is 5.10 Å². The maximum atomic E-state index is 13.4. The summed E-state index contributed by atoms with van der Waals surface area (Å²) in [6.07, 6.45) is 5.39. The second kappa shape index (κ2) is 8.11. The number of amides is 1. The van der Waals surface area contributed by atoms with Crippen molar-refractivity contribution >= 4 is 17.7 Å². The zero-order valence-electron chi connectivity index (χ0n) is 16.8. The van der Waals surface area contributed by atoms with Crippen LogP contribution in [0, 0.1) is 5.92 Å². The van der Waals surface area contributed by atoms with Crippen LogP contribution in [0.4, 0.5) is 0 Å². The lowest BCUT2D eigenvalue weighted by Gasteiger charge is -2.29. The fourth-order valence-corrected chi connectivity index (χ4v) is 4.61. The second-order valence-electron chi connectivity index (χ2n) is 7.94. The van der Waals surface area contributed by atoms with Crippen LogP contribution < -0.4 is 0 Å². The highest BCUT2D eigenvalue weighted by Crippen LogP contribution is 2.44. The van der Waals surface area contributed by atoms with Gasteiger partial charge in [0.1, 0.15) is 0 Å². The van der Waals surface area contributed by atoms with E-state index >= 15 is 0 Å². The van der Waals surface area contributed by atoms with Gasteiger partial charge in [-0.1, -0.05) is 78.9 Å². The molecule has 0 unspecified atom stereocenters. The number of nitrogens with zero attached hydrogens (tertiary/aromatic N) is 2. The molecule has 5 rings (SSSR count). The maximum Gasteiger partial charge on any atom is 0.274 e. The van der Waals surface area contributed by atoms with Crippen molar-refractivity contribution in [1.82, 2.24) is 5.01 Å². The number of rotatable bonds is 3. The molecule has 1 saturated carbocycles. The molecule has 0 spiro atoms. The van der Waals surface area contributed by atoms with Gasteiger partial charge in [0.15, 0.2) is 0 Å². The van der Waals surface area contributed by atoms with E-state index < -0.39 is 0 Å². The summed E-state index contributed by atoms with van der Waals surface area (Å²) < 4.78 is 0. The van der Waals surface area contributed by atoms with Crippen molar-refractivity contribution in [2.75, 3.05) is 0 Å². The second-order valence-corrected chi connectivity index (χ2v) is 7.94. The molecule has 0 bridgehead atoms. The molecule has 30 heavy (non-hydrogen) atoms. The molecule has 2 atom stereocenters. The van der Waals surface area contributed by atoms with Crippen molar-refractivity contribution in [2.45, 2.75) is 25.3 Å². The number of fused-ring (bicyclic) bond motifs is 1. The van der Waals surface area contributed by atoms with Crippen LogP contribution in [0.3, 0.4) is 0 Å². The molecule has 0 N–H and O–H groups in total. The fourth-order valence-electron chi connectivity index (χ4n) is 4.61. The van der Waals surface area contributed by atoms with Crippen LogP contribution in [0.1, 0.15) is 46.8 Å². The van der Waals surface area contributed by atoms with E-state index in [4.69, 9.17) is 5.10 Å². The topological polar surface area (TPSA) is 32.7 Å². The number of hydrazone groups is 1. The Morgan fingerprint density at radius 2 is 1.50 bits per heavy atom. The Kier molecular flexibility index (Phi) is 5.02. The minimum atomic E-state index is -0.0617. The van der Waals surface area contributed by atoms with E-state index in [9.17, 15) is 4.79 Å². The minimum absolute atomic E-state index is 0.0367. The highest BCUT2D eigenvalue weighted by molar-refractivity contribution is 6.09.